The molecule has 2 saturated heterocycles. The molecule has 0 aromatic heterocycles. The molecule has 1 unspecified atom stereocenters. The van der Waals surface area contributed by atoms with Crippen molar-refractivity contribution in [2.75, 3.05) is 20.1 Å². The largest absolute Gasteiger partial charge is 0.437 e. The molecule has 2 rings (SSSR count). The van der Waals surface area contributed by atoms with E-state index in [1.54, 1.807) is 14.0 Å². The van der Waals surface area contributed by atoms with Crippen LogP contribution in [0.15, 0.2) is 0 Å². The van der Waals surface area contributed by atoms with Gasteiger partial charge in [0.05, 0.1) is 0 Å². The minimum atomic E-state index is -1.19. The van der Waals surface area contributed by atoms with Gasteiger partial charge in [-0.15, -0.1) is 12.4 Å². The third kappa shape index (κ3) is 1.58. The number of aliphatic hydroxyl groups is 1. The topological polar surface area (TPSA) is 61.8 Å². The van der Waals surface area contributed by atoms with Crippen molar-refractivity contribution in [2.45, 2.75) is 31.1 Å². The molecule has 0 saturated carbocycles. The summed E-state index contributed by atoms with van der Waals surface area (Å²) in [4.78, 5) is 12.7. The lowest BCUT2D eigenvalue weighted by atomic mass is 9.83. The summed E-state index contributed by atoms with van der Waals surface area (Å²) < 4.78 is 5.31. The van der Waals surface area contributed by atoms with Crippen LogP contribution in [0.3, 0.4) is 0 Å². The Morgan fingerprint density at radius 1 is 1.47 bits per heavy atom. The van der Waals surface area contributed by atoms with Crippen LogP contribution in [-0.2, 0) is 4.74 Å². The van der Waals surface area contributed by atoms with Gasteiger partial charge in [-0.1, -0.05) is 0 Å². The smallest absolute Gasteiger partial charge is 0.412 e. The maximum absolute atomic E-state index is 11.4. The van der Waals surface area contributed by atoms with Gasteiger partial charge in [-0.2, -0.15) is 0 Å². The minimum Gasteiger partial charge on any atom is -0.437 e. The van der Waals surface area contributed by atoms with E-state index < -0.39 is 17.4 Å². The normalized spacial score (nSPS) is 33.8. The summed E-state index contributed by atoms with van der Waals surface area (Å²) in [6, 6.07) is 0. The highest BCUT2D eigenvalue weighted by atomic mass is 35.5. The van der Waals surface area contributed by atoms with Crippen molar-refractivity contribution in [3.63, 3.8) is 0 Å². The van der Waals surface area contributed by atoms with Gasteiger partial charge in [-0.3, -0.25) is 4.90 Å². The molecule has 1 atom stereocenters. The third-order valence-electron chi connectivity index (χ3n) is 3.48. The number of carbonyl (C=O) groups is 1. The van der Waals surface area contributed by atoms with Crippen molar-refractivity contribution in [1.29, 1.82) is 0 Å². The van der Waals surface area contributed by atoms with Gasteiger partial charge in [-0.25, -0.2) is 4.79 Å². The second-order valence-corrected chi connectivity index (χ2v) is 4.19. The molecule has 2 aliphatic rings. The van der Waals surface area contributed by atoms with Gasteiger partial charge in [0, 0.05) is 19.9 Å². The molecule has 0 radical (unpaired) electrons. The van der Waals surface area contributed by atoms with Crippen LogP contribution in [0.25, 0.3) is 0 Å². The van der Waals surface area contributed by atoms with Crippen LogP contribution < -0.4 is 5.32 Å². The van der Waals surface area contributed by atoms with E-state index in [-0.39, 0.29) is 12.4 Å². The van der Waals surface area contributed by atoms with Crippen molar-refractivity contribution in [2.24, 2.45) is 0 Å². The molecule has 0 aromatic carbocycles. The number of hydrogen-bond donors (Lipinski definition) is 2. The zero-order chi connectivity index (χ0) is 10.4. The van der Waals surface area contributed by atoms with Crippen molar-refractivity contribution in [1.82, 2.24) is 10.2 Å². The Balaban J connectivity index is 0.00000112. The Labute approximate surface area is 95.2 Å². The highest BCUT2D eigenvalue weighted by molar-refractivity contribution is 5.85. The molecule has 2 fully saturated rings. The number of carbonyl (C=O) groups excluding carboxylic acids is 1. The molecule has 2 heterocycles. The molecule has 88 valence electrons. The predicted molar refractivity (Wildman–Crippen MR) is 57.0 cm³/mol. The highest BCUT2D eigenvalue weighted by Crippen LogP contribution is 2.42. The summed E-state index contributed by atoms with van der Waals surface area (Å²) in [6.45, 7) is 3.19. The van der Waals surface area contributed by atoms with Crippen LogP contribution in [-0.4, -0.2) is 47.6 Å². The lowest BCUT2D eigenvalue weighted by Gasteiger charge is -2.41. The van der Waals surface area contributed by atoms with E-state index in [1.165, 1.54) is 4.90 Å². The standard InChI is InChI=1S/C9H16N2O3.ClH/c1-8(13)9(3-5-10-6-4-9)14-7(12)11(8)2;/h10,13H,3-6H2,1-2H3;1H. The summed E-state index contributed by atoms with van der Waals surface area (Å²) in [5.41, 5.74) is -1.91. The Kier molecular flexibility index (Phi) is 3.19. The zero-order valence-corrected chi connectivity index (χ0v) is 9.76. The number of amides is 1. The maximum atomic E-state index is 11.4. The van der Waals surface area contributed by atoms with Crippen LogP contribution in [0.4, 0.5) is 4.79 Å². The van der Waals surface area contributed by atoms with E-state index in [1.807, 2.05) is 0 Å². The molecule has 2 N–H and O–H groups in total. The molecular formula is C9H17ClN2O3. The highest BCUT2D eigenvalue weighted by Gasteiger charge is 2.60. The van der Waals surface area contributed by atoms with E-state index in [9.17, 15) is 9.90 Å². The van der Waals surface area contributed by atoms with Crippen molar-refractivity contribution < 1.29 is 14.6 Å². The lowest BCUT2D eigenvalue weighted by Crippen LogP contribution is -2.59. The molecule has 2 aliphatic heterocycles. The van der Waals surface area contributed by atoms with Gasteiger partial charge < -0.3 is 15.2 Å². The summed E-state index contributed by atoms with van der Waals surface area (Å²) in [5, 5.41) is 13.4. The van der Waals surface area contributed by atoms with Crippen LogP contribution in [0, 0.1) is 0 Å². The van der Waals surface area contributed by atoms with E-state index in [2.05, 4.69) is 5.32 Å². The summed E-state index contributed by atoms with van der Waals surface area (Å²) >= 11 is 0. The number of likely N-dealkylation sites (N-methyl/N-ethyl adjacent to an activating group) is 1. The van der Waals surface area contributed by atoms with Crippen LogP contribution in [0.5, 0.6) is 0 Å². The number of piperidine rings is 1. The van der Waals surface area contributed by atoms with E-state index in [4.69, 9.17) is 4.74 Å². The number of ether oxygens (including phenoxy) is 1. The Bertz CT molecular complexity index is 264. The van der Waals surface area contributed by atoms with Crippen molar-refractivity contribution in [3.05, 3.63) is 0 Å². The second kappa shape index (κ2) is 3.81. The fourth-order valence-electron chi connectivity index (χ4n) is 2.22. The zero-order valence-electron chi connectivity index (χ0n) is 8.95. The van der Waals surface area contributed by atoms with Gasteiger partial charge >= 0.3 is 6.09 Å². The summed E-state index contributed by atoms with van der Waals surface area (Å²) in [5.74, 6) is 0. The Hall–Kier alpha value is -0.520. The van der Waals surface area contributed by atoms with Gasteiger partial charge in [0.25, 0.3) is 0 Å². The fraction of sp³-hybridized carbons (Fsp3) is 0.889. The van der Waals surface area contributed by atoms with E-state index >= 15 is 0 Å². The quantitative estimate of drug-likeness (QED) is 0.636. The van der Waals surface area contributed by atoms with Crippen LogP contribution >= 0.6 is 12.4 Å². The van der Waals surface area contributed by atoms with Crippen LogP contribution in [0.1, 0.15) is 19.8 Å². The molecule has 6 heteroatoms. The number of halogens is 1. The molecule has 0 bridgehead atoms. The van der Waals surface area contributed by atoms with Gasteiger partial charge in [0.15, 0.2) is 11.3 Å². The third-order valence-corrected chi connectivity index (χ3v) is 3.48. The minimum absolute atomic E-state index is 0. The Morgan fingerprint density at radius 2 is 2.00 bits per heavy atom. The first-order chi connectivity index (χ1) is 6.50. The average molecular weight is 237 g/mol. The average Bonchev–Trinajstić information content (AvgIpc) is 2.30. The first-order valence-corrected chi connectivity index (χ1v) is 4.89. The number of rotatable bonds is 0. The lowest BCUT2D eigenvalue weighted by molar-refractivity contribution is -0.150. The predicted octanol–water partition coefficient (Wildman–Crippen LogP) is 0.321. The van der Waals surface area contributed by atoms with Gasteiger partial charge in [0.1, 0.15) is 0 Å². The SMILES string of the molecule is CN1C(=O)OC2(CCNCC2)C1(C)O.Cl. The molecular weight excluding hydrogens is 220 g/mol. The molecule has 0 aliphatic carbocycles. The first-order valence-electron chi connectivity index (χ1n) is 4.89. The van der Waals surface area contributed by atoms with Crippen molar-refractivity contribution in [3.8, 4) is 0 Å². The summed E-state index contributed by atoms with van der Waals surface area (Å²) in [7, 11) is 1.57. The van der Waals surface area contributed by atoms with Crippen LogP contribution in [0.2, 0.25) is 0 Å². The van der Waals surface area contributed by atoms with Crippen molar-refractivity contribution >= 4 is 18.5 Å². The van der Waals surface area contributed by atoms with E-state index in [0.717, 1.165) is 13.1 Å². The van der Waals surface area contributed by atoms with Gasteiger partial charge in [0.2, 0.25) is 0 Å². The number of hydrogen-bond acceptors (Lipinski definition) is 4. The number of nitrogens with zero attached hydrogens (tertiary/aromatic N) is 1. The first kappa shape index (κ1) is 12.5. The molecule has 1 amide bonds. The van der Waals surface area contributed by atoms with E-state index in [0.29, 0.717) is 12.8 Å². The monoisotopic (exact) mass is 236 g/mol. The van der Waals surface area contributed by atoms with Gasteiger partial charge in [-0.05, 0) is 20.0 Å². The Morgan fingerprint density at radius 3 is 2.40 bits per heavy atom. The molecule has 1 spiro atoms. The second-order valence-electron chi connectivity index (χ2n) is 4.19. The maximum Gasteiger partial charge on any atom is 0.412 e. The molecule has 0 aromatic rings. The molecule has 15 heavy (non-hydrogen) atoms. The molecule has 5 nitrogen and oxygen atoms in total. The fourth-order valence-corrected chi connectivity index (χ4v) is 2.22. The number of nitrogens with one attached hydrogen (secondary N) is 1. The summed E-state index contributed by atoms with van der Waals surface area (Å²) in [6.07, 6.45) is 0.892.